The van der Waals surface area contributed by atoms with Gasteiger partial charge in [0.05, 0.1) is 5.56 Å². The maximum absolute atomic E-state index is 13.0. The van der Waals surface area contributed by atoms with Crippen LogP contribution in [0.3, 0.4) is 0 Å². The zero-order valence-corrected chi connectivity index (χ0v) is 18.1. The number of anilines is 1. The summed E-state index contributed by atoms with van der Waals surface area (Å²) in [6, 6.07) is 8.62. The maximum Gasteiger partial charge on any atom is 0.257 e. The first-order valence-corrected chi connectivity index (χ1v) is 10.4. The first-order chi connectivity index (χ1) is 14.3. The lowest BCUT2D eigenvalue weighted by Gasteiger charge is -2.31. The van der Waals surface area contributed by atoms with Gasteiger partial charge in [0.2, 0.25) is 5.91 Å². The number of carbonyl (C=O) groups is 2. The van der Waals surface area contributed by atoms with Gasteiger partial charge in [0.15, 0.2) is 0 Å². The molecule has 0 heterocycles. The summed E-state index contributed by atoms with van der Waals surface area (Å²) < 4.78 is 6.08. The topological polar surface area (TPSA) is 78.9 Å². The fourth-order valence-corrected chi connectivity index (χ4v) is 4.08. The standard InChI is InChI=1S/C24H30N2O4/c1-15-12-18(25-17(3)27)13-16(2)23(15)30-20-10-11-22(28)21(14-20)24(29)26(4)19-8-6-5-7-9-19/h10-14,19,28H,5-9H2,1-4H3,(H,25,27). The van der Waals surface area contributed by atoms with Crippen LogP contribution in [0, 0.1) is 13.8 Å². The van der Waals surface area contributed by atoms with E-state index < -0.39 is 0 Å². The zero-order chi connectivity index (χ0) is 21.8. The molecule has 2 N–H and O–H groups in total. The van der Waals surface area contributed by atoms with Gasteiger partial charge in [0.25, 0.3) is 5.91 Å². The van der Waals surface area contributed by atoms with Crippen molar-refractivity contribution in [2.45, 2.75) is 58.9 Å². The lowest BCUT2D eigenvalue weighted by molar-refractivity contribution is -0.114. The molecule has 2 amide bonds. The highest BCUT2D eigenvalue weighted by atomic mass is 16.5. The Morgan fingerprint density at radius 1 is 1.07 bits per heavy atom. The molecule has 0 aromatic heterocycles. The summed E-state index contributed by atoms with van der Waals surface area (Å²) in [5, 5.41) is 13.1. The SMILES string of the molecule is CC(=O)Nc1cc(C)c(Oc2ccc(O)c(C(=O)N(C)C3CCCCC3)c2)c(C)c1. The molecule has 2 aromatic rings. The molecule has 6 nitrogen and oxygen atoms in total. The van der Waals surface area contributed by atoms with Crippen LogP contribution >= 0.6 is 0 Å². The number of phenols is 1. The highest BCUT2D eigenvalue weighted by Crippen LogP contribution is 2.34. The van der Waals surface area contributed by atoms with E-state index in [0.29, 0.717) is 17.2 Å². The Bertz CT molecular complexity index is 925. The molecule has 1 aliphatic carbocycles. The molecular weight excluding hydrogens is 380 g/mol. The number of hydrogen-bond acceptors (Lipinski definition) is 4. The van der Waals surface area contributed by atoms with Crippen molar-refractivity contribution in [1.82, 2.24) is 4.90 Å². The van der Waals surface area contributed by atoms with Gasteiger partial charge in [-0.25, -0.2) is 0 Å². The van der Waals surface area contributed by atoms with E-state index in [1.54, 1.807) is 24.1 Å². The van der Waals surface area contributed by atoms with Crippen LogP contribution in [-0.4, -0.2) is 34.9 Å². The first kappa shape index (κ1) is 21.7. The fourth-order valence-electron chi connectivity index (χ4n) is 4.08. The molecule has 0 spiro atoms. The minimum atomic E-state index is -0.195. The predicted octanol–water partition coefficient (Wildman–Crippen LogP) is 5.16. The number of nitrogens with one attached hydrogen (secondary N) is 1. The highest BCUT2D eigenvalue weighted by molar-refractivity contribution is 5.97. The molecule has 2 aromatic carbocycles. The molecule has 0 aliphatic heterocycles. The van der Waals surface area contributed by atoms with Crippen LogP contribution in [0.4, 0.5) is 5.69 Å². The number of ether oxygens (including phenoxy) is 1. The molecule has 1 fully saturated rings. The highest BCUT2D eigenvalue weighted by Gasteiger charge is 2.25. The summed E-state index contributed by atoms with van der Waals surface area (Å²) in [7, 11) is 1.81. The number of rotatable bonds is 5. The summed E-state index contributed by atoms with van der Waals surface area (Å²) in [6.45, 7) is 5.27. The molecule has 6 heteroatoms. The normalized spacial score (nSPS) is 14.3. The third-order valence-electron chi connectivity index (χ3n) is 5.64. The van der Waals surface area contributed by atoms with Gasteiger partial charge in [-0.2, -0.15) is 0 Å². The summed E-state index contributed by atoms with van der Waals surface area (Å²) in [5.74, 6) is 0.760. The van der Waals surface area contributed by atoms with Crippen molar-refractivity contribution in [3.63, 3.8) is 0 Å². The van der Waals surface area contributed by atoms with Gasteiger partial charge in [-0.3, -0.25) is 9.59 Å². The van der Waals surface area contributed by atoms with Crippen molar-refractivity contribution < 1.29 is 19.4 Å². The van der Waals surface area contributed by atoms with Crippen molar-refractivity contribution in [3.8, 4) is 17.2 Å². The number of amides is 2. The Morgan fingerprint density at radius 3 is 2.30 bits per heavy atom. The lowest BCUT2D eigenvalue weighted by Crippen LogP contribution is -2.38. The van der Waals surface area contributed by atoms with E-state index >= 15 is 0 Å². The number of nitrogens with zero attached hydrogens (tertiary/aromatic N) is 1. The van der Waals surface area contributed by atoms with E-state index in [2.05, 4.69) is 5.32 Å². The second-order valence-corrected chi connectivity index (χ2v) is 8.11. The van der Waals surface area contributed by atoms with E-state index in [9.17, 15) is 14.7 Å². The number of aromatic hydroxyl groups is 1. The Labute approximate surface area is 177 Å². The average molecular weight is 411 g/mol. The molecule has 0 radical (unpaired) electrons. The van der Waals surface area contributed by atoms with Crippen LogP contribution in [0.2, 0.25) is 0 Å². The van der Waals surface area contributed by atoms with E-state index in [-0.39, 0.29) is 29.2 Å². The molecule has 30 heavy (non-hydrogen) atoms. The average Bonchev–Trinajstić information content (AvgIpc) is 2.71. The smallest absolute Gasteiger partial charge is 0.257 e. The Kier molecular flexibility index (Phi) is 6.65. The van der Waals surface area contributed by atoms with Crippen molar-refractivity contribution in [1.29, 1.82) is 0 Å². The van der Waals surface area contributed by atoms with Crippen LogP contribution in [0.25, 0.3) is 0 Å². The number of phenolic OH excluding ortho intramolecular Hbond substituents is 1. The van der Waals surface area contributed by atoms with Gasteiger partial charge in [0.1, 0.15) is 17.2 Å². The lowest BCUT2D eigenvalue weighted by atomic mass is 9.94. The van der Waals surface area contributed by atoms with Gasteiger partial charge in [-0.15, -0.1) is 0 Å². The monoisotopic (exact) mass is 410 g/mol. The zero-order valence-electron chi connectivity index (χ0n) is 18.1. The second-order valence-electron chi connectivity index (χ2n) is 8.11. The molecule has 3 rings (SSSR count). The van der Waals surface area contributed by atoms with Gasteiger partial charge in [-0.05, 0) is 68.1 Å². The van der Waals surface area contributed by atoms with Crippen LogP contribution in [-0.2, 0) is 4.79 Å². The first-order valence-electron chi connectivity index (χ1n) is 10.4. The predicted molar refractivity (Wildman–Crippen MR) is 117 cm³/mol. The Balaban J connectivity index is 1.83. The van der Waals surface area contributed by atoms with Gasteiger partial charge in [0, 0.05) is 25.7 Å². The quantitative estimate of drug-likeness (QED) is 0.713. The second kappa shape index (κ2) is 9.20. The van der Waals surface area contributed by atoms with Gasteiger partial charge in [-0.1, -0.05) is 19.3 Å². The van der Waals surface area contributed by atoms with Gasteiger partial charge >= 0.3 is 0 Å². The summed E-state index contributed by atoms with van der Waals surface area (Å²) >= 11 is 0. The number of hydrogen-bond donors (Lipinski definition) is 2. The molecule has 0 atom stereocenters. The molecule has 0 unspecified atom stereocenters. The Morgan fingerprint density at radius 2 is 1.70 bits per heavy atom. The van der Waals surface area contributed by atoms with E-state index in [1.807, 2.05) is 26.0 Å². The molecule has 0 saturated heterocycles. The number of benzene rings is 2. The molecule has 1 aliphatic rings. The summed E-state index contributed by atoms with van der Waals surface area (Å²) in [6.07, 6.45) is 5.47. The molecule has 160 valence electrons. The third kappa shape index (κ3) is 4.93. The van der Waals surface area contributed by atoms with E-state index in [4.69, 9.17) is 4.74 Å². The number of carbonyl (C=O) groups excluding carboxylic acids is 2. The molecular formula is C24H30N2O4. The van der Waals surface area contributed by atoms with E-state index in [1.165, 1.54) is 19.4 Å². The maximum atomic E-state index is 13.0. The minimum Gasteiger partial charge on any atom is -0.507 e. The minimum absolute atomic E-state index is 0.0514. The molecule has 1 saturated carbocycles. The van der Waals surface area contributed by atoms with Crippen molar-refractivity contribution in [2.24, 2.45) is 0 Å². The van der Waals surface area contributed by atoms with Crippen LogP contribution in [0.5, 0.6) is 17.2 Å². The largest absolute Gasteiger partial charge is 0.507 e. The molecule has 0 bridgehead atoms. The van der Waals surface area contributed by atoms with Crippen LogP contribution in [0.15, 0.2) is 30.3 Å². The fraction of sp³-hybridized carbons (Fsp3) is 0.417. The number of aryl methyl sites for hydroxylation is 2. The summed E-state index contributed by atoms with van der Waals surface area (Å²) in [5.41, 5.74) is 2.67. The van der Waals surface area contributed by atoms with Crippen molar-refractivity contribution in [3.05, 3.63) is 47.0 Å². The van der Waals surface area contributed by atoms with Crippen LogP contribution < -0.4 is 10.1 Å². The van der Waals surface area contributed by atoms with Crippen LogP contribution in [0.1, 0.15) is 60.5 Å². The van der Waals surface area contributed by atoms with Crippen molar-refractivity contribution >= 4 is 17.5 Å². The van der Waals surface area contributed by atoms with Gasteiger partial charge < -0.3 is 20.1 Å². The van der Waals surface area contributed by atoms with Crippen molar-refractivity contribution in [2.75, 3.05) is 12.4 Å². The summed E-state index contributed by atoms with van der Waals surface area (Å²) in [4.78, 5) is 26.1. The third-order valence-corrected chi connectivity index (χ3v) is 5.64. The Hall–Kier alpha value is -3.02. The van der Waals surface area contributed by atoms with E-state index in [0.717, 1.165) is 36.8 Å².